The van der Waals surface area contributed by atoms with E-state index in [0.29, 0.717) is 11.8 Å². The molecule has 0 saturated heterocycles. The zero-order valence-corrected chi connectivity index (χ0v) is 17.3. The third-order valence-electron chi connectivity index (χ3n) is 4.27. The Morgan fingerprint density at radius 1 is 1.21 bits per heavy atom. The van der Waals surface area contributed by atoms with Crippen LogP contribution in [0.3, 0.4) is 0 Å². The van der Waals surface area contributed by atoms with Gasteiger partial charge < -0.3 is 0 Å². The third kappa shape index (κ3) is 5.82. The largest absolute Gasteiger partial charge is 0.412 e. The molecular formula is C19H18ClF4NO3S. The normalized spacial score (nSPS) is 15.8. The summed E-state index contributed by atoms with van der Waals surface area (Å²) in [5.74, 6) is -3.29. The van der Waals surface area contributed by atoms with Crippen molar-refractivity contribution >= 4 is 46.6 Å². The van der Waals surface area contributed by atoms with Gasteiger partial charge in [0.1, 0.15) is 11.6 Å². The molecule has 1 aliphatic rings. The Labute approximate surface area is 174 Å². The maximum atomic E-state index is 14.5. The average Bonchev–Trinajstić information content (AvgIpc) is 3.39. The molecule has 1 fully saturated rings. The van der Waals surface area contributed by atoms with Crippen LogP contribution >= 0.6 is 23.4 Å². The first-order valence-electron chi connectivity index (χ1n) is 8.59. The highest BCUT2D eigenvalue weighted by atomic mass is 35.5. The number of ketones is 1. The number of benzene rings is 1. The summed E-state index contributed by atoms with van der Waals surface area (Å²) in [6.45, 7) is 3.02. The van der Waals surface area contributed by atoms with Crippen LogP contribution in [0.5, 0.6) is 0 Å². The summed E-state index contributed by atoms with van der Waals surface area (Å²) in [5.41, 5.74) is -1.76. The van der Waals surface area contributed by atoms with Crippen LogP contribution in [0.4, 0.5) is 23.2 Å². The van der Waals surface area contributed by atoms with E-state index in [-0.39, 0.29) is 27.7 Å². The molecule has 0 aromatic heterocycles. The van der Waals surface area contributed by atoms with Crippen molar-refractivity contribution in [3.05, 3.63) is 34.6 Å². The van der Waals surface area contributed by atoms with Crippen LogP contribution in [-0.4, -0.2) is 29.0 Å². The van der Waals surface area contributed by atoms with Crippen molar-refractivity contribution in [1.29, 1.82) is 0 Å². The second-order valence-electron chi connectivity index (χ2n) is 6.74. The summed E-state index contributed by atoms with van der Waals surface area (Å²) >= 11 is 7.15. The predicted octanol–water partition coefficient (Wildman–Crippen LogP) is 5.33. The Balaban J connectivity index is 2.45. The van der Waals surface area contributed by atoms with Gasteiger partial charge in [-0.15, -0.1) is 11.8 Å². The first-order chi connectivity index (χ1) is 13.3. The van der Waals surface area contributed by atoms with E-state index in [2.05, 4.69) is 0 Å². The van der Waals surface area contributed by atoms with Gasteiger partial charge in [0.25, 0.3) is 5.91 Å². The highest BCUT2D eigenvalue weighted by molar-refractivity contribution is 8.00. The number of allylic oxidation sites excluding steroid dienone is 1. The van der Waals surface area contributed by atoms with E-state index in [9.17, 15) is 31.9 Å². The molecule has 1 aromatic carbocycles. The fraction of sp³-hybridized carbons (Fsp3) is 0.421. The van der Waals surface area contributed by atoms with E-state index in [1.54, 1.807) is 0 Å². The lowest BCUT2D eigenvalue weighted by atomic mass is 10.2. The lowest BCUT2D eigenvalue weighted by Crippen LogP contribution is -2.35. The summed E-state index contributed by atoms with van der Waals surface area (Å²) in [6.07, 6.45) is -2.81. The van der Waals surface area contributed by atoms with Gasteiger partial charge in [0.15, 0.2) is 0 Å². The molecule has 1 saturated carbocycles. The van der Waals surface area contributed by atoms with E-state index >= 15 is 0 Å². The van der Waals surface area contributed by atoms with Gasteiger partial charge in [0.05, 0.1) is 16.0 Å². The first kappa shape index (κ1) is 23.4. The molecule has 0 heterocycles. The Bertz CT molecular complexity index is 881. The molecule has 0 N–H and O–H groups in total. The molecule has 4 nitrogen and oxygen atoms in total. The summed E-state index contributed by atoms with van der Waals surface area (Å²) in [5, 5.41) is -0.444. The monoisotopic (exact) mass is 451 g/mol. The molecule has 2 rings (SSSR count). The maximum absolute atomic E-state index is 14.5. The number of amides is 2. The van der Waals surface area contributed by atoms with Gasteiger partial charge in [-0.05, 0) is 44.7 Å². The Kier molecular flexibility index (Phi) is 7.16. The number of hydrogen-bond acceptors (Lipinski definition) is 4. The van der Waals surface area contributed by atoms with Crippen molar-refractivity contribution in [3.63, 3.8) is 0 Å². The highest BCUT2D eigenvalue weighted by Crippen LogP contribution is 2.45. The average molecular weight is 452 g/mol. The molecular weight excluding hydrogens is 434 g/mol. The number of nitrogens with zero attached hydrogens (tertiary/aromatic N) is 1. The Morgan fingerprint density at radius 3 is 2.24 bits per heavy atom. The minimum atomic E-state index is -4.77. The molecule has 0 radical (unpaired) electrons. The number of Topliss-reactive ketones (excluding diaryl/α,β-unsaturated/α-hetero) is 1. The van der Waals surface area contributed by atoms with Crippen LogP contribution in [0, 0.1) is 11.7 Å². The number of rotatable bonds is 6. The van der Waals surface area contributed by atoms with Crippen LogP contribution in [-0.2, 0) is 14.4 Å². The molecule has 0 aliphatic heterocycles. The third-order valence-corrected chi connectivity index (χ3v) is 6.26. The van der Waals surface area contributed by atoms with Gasteiger partial charge >= 0.3 is 6.18 Å². The van der Waals surface area contributed by atoms with Gasteiger partial charge in [0, 0.05) is 23.5 Å². The number of carbonyl (C=O) groups is 3. The number of imide groups is 1. The number of alkyl halides is 3. The fourth-order valence-corrected chi connectivity index (χ4v) is 4.14. The molecule has 1 unspecified atom stereocenters. The lowest BCUT2D eigenvalue weighted by molar-refractivity contribution is -0.124. The van der Waals surface area contributed by atoms with Gasteiger partial charge in [0.2, 0.25) is 5.91 Å². The van der Waals surface area contributed by atoms with E-state index in [1.165, 1.54) is 6.92 Å². The van der Waals surface area contributed by atoms with Gasteiger partial charge in [-0.2, -0.15) is 13.2 Å². The number of anilines is 1. The van der Waals surface area contributed by atoms with E-state index in [0.717, 1.165) is 43.7 Å². The first-order valence-corrected chi connectivity index (χ1v) is 9.85. The molecule has 0 spiro atoms. The summed E-state index contributed by atoms with van der Waals surface area (Å²) in [6, 6.07) is 1.98. The van der Waals surface area contributed by atoms with Gasteiger partial charge in [-0.3, -0.25) is 14.4 Å². The summed E-state index contributed by atoms with van der Waals surface area (Å²) in [7, 11) is 0. The molecule has 0 bridgehead atoms. The smallest absolute Gasteiger partial charge is 0.299 e. The molecule has 158 valence electrons. The van der Waals surface area contributed by atoms with Crippen LogP contribution < -0.4 is 4.90 Å². The minimum Gasteiger partial charge on any atom is -0.299 e. The van der Waals surface area contributed by atoms with Crippen molar-refractivity contribution in [2.24, 2.45) is 5.92 Å². The minimum absolute atomic E-state index is 0.0267. The van der Waals surface area contributed by atoms with Crippen LogP contribution in [0.15, 0.2) is 28.7 Å². The van der Waals surface area contributed by atoms with E-state index in [4.69, 9.17) is 11.6 Å². The molecule has 1 aromatic rings. The van der Waals surface area contributed by atoms with Crippen molar-refractivity contribution in [2.75, 3.05) is 4.90 Å². The molecule has 1 atom stereocenters. The van der Waals surface area contributed by atoms with Crippen molar-refractivity contribution < 1.29 is 31.9 Å². The topological polar surface area (TPSA) is 54.5 Å². The maximum Gasteiger partial charge on any atom is 0.412 e. The lowest BCUT2D eigenvalue weighted by Gasteiger charge is -2.21. The SMILES string of the molecule is CC(=O)C(Sc1cc(N(C(C)=O)C(=O)/C=C(\C)C(F)(F)F)c(F)cc1Cl)C1CC1. The van der Waals surface area contributed by atoms with E-state index in [1.807, 2.05) is 0 Å². The Hall–Kier alpha value is -1.87. The highest BCUT2D eigenvalue weighted by Gasteiger charge is 2.36. The number of carbonyl (C=O) groups excluding carboxylic acids is 3. The predicted molar refractivity (Wildman–Crippen MR) is 102 cm³/mol. The van der Waals surface area contributed by atoms with Crippen molar-refractivity contribution in [1.82, 2.24) is 0 Å². The molecule has 1 aliphatic carbocycles. The molecule has 10 heteroatoms. The number of halogens is 5. The molecule has 29 heavy (non-hydrogen) atoms. The van der Waals surface area contributed by atoms with Crippen molar-refractivity contribution in [2.45, 2.75) is 49.9 Å². The van der Waals surface area contributed by atoms with Crippen LogP contribution in [0.2, 0.25) is 5.02 Å². The van der Waals surface area contributed by atoms with Gasteiger partial charge in [-0.25, -0.2) is 9.29 Å². The zero-order chi connectivity index (χ0) is 22.1. The van der Waals surface area contributed by atoms with Crippen molar-refractivity contribution in [3.8, 4) is 0 Å². The Morgan fingerprint density at radius 2 is 1.79 bits per heavy atom. The second-order valence-corrected chi connectivity index (χ2v) is 8.33. The number of thioether (sulfide) groups is 1. The van der Waals surface area contributed by atoms with Crippen LogP contribution in [0.25, 0.3) is 0 Å². The molecule has 2 amide bonds. The second kappa shape index (κ2) is 8.87. The van der Waals surface area contributed by atoms with Gasteiger partial charge in [-0.1, -0.05) is 11.6 Å². The number of hydrogen-bond donors (Lipinski definition) is 0. The van der Waals surface area contributed by atoms with Crippen LogP contribution in [0.1, 0.15) is 33.6 Å². The zero-order valence-electron chi connectivity index (χ0n) is 15.8. The summed E-state index contributed by atoms with van der Waals surface area (Å²) < 4.78 is 52.7. The standard InChI is InChI=1S/C19H18ClF4NO3S/c1-9(19(22,23)24)6-17(28)25(11(3)27)15-8-16(13(20)7-14(15)21)29-18(10(2)26)12-4-5-12/h6-8,12,18H,4-5H2,1-3H3/b9-6+. The quantitative estimate of drug-likeness (QED) is 0.333. The summed E-state index contributed by atoms with van der Waals surface area (Å²) in [4.78, 5) is 36.7. The fourth-order valence-electron chi connectivity index (χ4n) is 2.60. The van der Waals surface area contributed by atoms with E-state index < -0.39 is 40.3 Å².